The summed E-state index contributed by atoms with van der Waals surface area (Å²) < 4.78 is 5.15. The highest BCUT2D eigenvalue weighted by atomic mass is 16.5. The molecule has 0 radical (unpaired) electrons. The molecule has 0 saturated carbocycles. The molecule has 0 aromatic rings. The summed E-state index contributed by atoms with van der Waals surface area (Å²) in [5.41, 5.74) is 0. The van der Waals surface area contributed by atoms with Gasteiger partial charge in [-0.25, -0.2) is 0 Å². The summed E-state index contributed by atoms with van der Waals surface area (Å²) in [7, 11) is 0. The molecule has 0 saturated heterocycles. The van der Waals surface area contributed by atoms with Crippen molar-refractivity contribution < 1.29 is 9.84 Å². The van der Waals surface area contributed by atoms with Crippen molar-refractivity contribution in [1.29, 1.82) is 0 Å². The van der Waals surface area contributed by atoms with Crippen molar-refractivity contribution in [2.75, 3.05) is 13.2 Å². The largest absolute Gasteiger partial charge is 0.393 e. The zero-order chi connectivity index (χ0) is 9.23. The highest BCUT2D eigenvalue weighted by Gasteiger charge is 2.02. The van der Waals surface area contributed by atoms with Crippen molar-refractivity contribution in [3.05, 3.63) is 0 Å². The van der Waals surface area contributed by atoms with Gasteiger partial charge < -0.3 is 9.84 Å². The molecular formula is C10H22O2. The molecule has 0 fully saturated rings. The molecule has 1 N–H and O–H groups in total. The van der Waals surface area contributed by atoms with Crippen molar-refractivity contribution in [2.45, 2.75) is 52.1 Å². The minimum Gasteiger partial charge on any atom is -0.393 e. The van der Waals surface area contributed by atoms with Crippen molar-refractivity contribution in [2.24, 2.45) is 0 Å². The number of rotatable bonds is 8. The monoisotopic (exact) mass is 174 g/mol. The highest BCUT2D eigenvalue weighted by molar-refractivity contribution is 4.54. The van der Waals surface area contributed by atoms with Crippen LogP contribution in [0.3, 0.4) is 0 Å². The van der Waals surface area contributed by atoms with Crippen LogP contribution >= 0.6 is 0 Å². The molecule has 0 aliphatic heterocycles. The van der Waals surface area contributed by atoms with Crippen molar-refractivity contribution >= 4 is 0 Å². The van der Waals surface area contributed by atoms with E-state index in [0.29, 0.717) is 6.61 Å². The quantitative estimate of drug-likeness (QED) is 0.572. The number of hydrogen-bond donors (Lipinski definition) is 1. The maximum absolute atomic E-state index is 9.42. The Balaban J connectivity index is 3.04. The van der Waals surface area contributed by atoms with Crippen LogP contribution in [0.5, 0.6) is 0 Å². The third-order valence-corrected chi connectivity index (χ3v) is 1.94. The molecule has 0 heterocycles. The molecule has 74 valence electrons. The Morgan fingerprint density at radius 3 is 2.50 bits per heavy atom. The minimum atomic E-state index is -0.150. The Kier molecular flexibility index (Phi) is 8.95. The Bertz CT molecular complexity index is 73.9. The first-order chi connectivity index (χ1) is 5.81. The summed E-state index contributed by atoms with van der Waals surface area (Å²) in [6, 6.07) is 0. The van der Waals surface area contributed by atoms with E-state index in [1.165, 1.54) is 12.8 Å². The first kappa shape index (κ1) is 11.9. The Morgan fingerprint density at radius 2 is 1.92 bits per heavy atom. The summed E-state index contributed by atoms with van der Waals surface area (Å²) in [5.74, 6) is 0. The van der Waals surface area contributed by atoms with Gasteiger partial charge in [0, 0.05) is 13.2 Å². The Morgan fingerprint density at radius 1 is 1.17 bits per heavy atom. The lowest BCUT2D eigenvalue weighted by molar-refractivity contribution is 0.0829. The normalized spacial score (nSPS) is 13.2. The molecular weight excluding hydrogens is 152 g/mol. The predicted octanol–water partition coefficient (Wildman–Crippen LogP) is 2.35. The van der Waals surface area contributed by atoms with Crippen LogP contribution in [-0.2, 0) is 4.74 Å². The zero-order valence-electron chi connectivity index (χ0n) is 8.38. The smallest absolute Gasteiger partial charge is 0.0562 e. The van der Waals surface area contributed by atoms with Crippen LogP contribution in [0.1, 0.15) is 46.0 Å². The highest BCUT2D eigenvalue weighted by Crippen LogP contribution is 2.05. The standard InChI is InChI=1S/C10H22O2/c1-3-5-6-7-10(11)8-9-12-4-2/h10-11H,3-9H2,1-2H3. The molecule has 0 spiro atoms. The molecule has 1 unspecified atom stereocenters. The third-order valence-electron chi connectivity index (χ3n) is 1.94. The fourth-order valence-corrected chi connectivity index (χ4v) is 1.14. The molecule has 0 aromatic heterocycles. The fourth-order valence-electron chi connectivity index (χ4n) is 1.14. The van der Waals surface area contributed by atoms with Gasteiger partial charge in [-0.2, -0.15) is 0 Å². The van der Waals surface area contributed by atoms with Gasteiger partial charge in [0.25, 0.3) is 0 Å². The Hall–Kier alpha value is -0.0800. The number of unbranched alkanes of at least 4 members (excludes halogenated alkanes) is 2. The van der Waals surface area contributed by atoms with Gasteiger partial charge in [0.2, 0.25) is 0 Å². The van der Waals surface area contributed by atoms with Crippen LogP contribution in [0.15, 0.2) is 0 Å². The second-order valence-electron chi connectivity index (χ2n) is 3.14. The number of aliphatic hydroxyl groups is 1. The summed E-state index contributed by atoms with van der Waals surface area (Å²) in [6.45, 7) is 5.60. The van der Waals surface area contributed by atoms with Crippen LogP contribution < -0.4 is 0 Å². The predicted molar refractivity (Wildman–Crippen MR) is 51.3 cm³/mol. The van der Waals surface area contributed by atoms with Crippen LogP contribution in [0.25, 0.3) is 0 Å². The lowest BCUT2D eigenvalue weighted by Crippen LogP contribution is -2.10. The Labute approximate surface area is 75.9 Å². The van der Waals surface area contributed by atoms with Gasteiger partial charge in [0.1, 0.15) is 0 Å². The molecule has 1 atom stereocenters. The van der Waals surface area contributed by atoms with E-state index in [2.05, 4.69) is 6.92 Å². The number of ether oxygens (including phenoxy) is 1. The molecule has 12 heavy (non-hydrogen) atoms. The molecule has 0 aromatic carbocycles. The van der Waals surface area contributed by atoms with Crippen LogP contribution in [-0.4, -0.2) is 24.4 Å². The third kappa shape index (κ3) is 8.02. The van der Waals surface area contributed by atoms with E-state index in [0.717, 1.165) is 25.9 Å². The van der Waals surface area contributed by atoms with E-state index in [-0.39, 0.29) is 6.10 Å². The summed E-state index contributed by atoms with van der Waals surface area (Å²) in [6.07, 6.45) is 5.16. The molecule has 2 nitrogen and oxygen atoms in total. The summed E-state index contributed by atoms with van der Waals surface area (Å²) in [5, 5.41) is 9.42. The molecule has 0 aliphatic rings. The van der Waals surface area contributed by atoms with E-state index in [1.54, 1.807) is 0 Å². The number of hydrogen-bond acceptors (Lipinski definition) is 2. The van der Waals surface area contributed by atoms with E-state index in [1.807, 2.05) is 6.92 Å². The molecule has 0 aliphatic carbocycles. The van der Waals surface area contributed by atoms with Crippen molar-refractivity contribution in [3.8, 4) is 0 Å². The lowest BCUT2D eigenvalue weighted by atomic mass is 10.1. The van der Waals surface area contributed by atoms with E-state index in [4.69, 9.17) is 4.74 Å². The van der Waals surface area contributed by atoms with Gasteiger partial charge in [0.05, 0.1) is 6.10 Å². The maximum Gasteiger partial charge on any atom is 0.0562 e. The molecule has 0 amide bonds. The second kappa shape index (κ2) is 9.01. The zero-order valence-corrected chi connectivity index (χ0v) is 8.38. The number of aliphatic hydroxyl groups excluding tert-OH is 1. The van der Waals surface area contributed by atoms with Gasteiger partial charge in [-0.1, -0.05) is 26.2 Å². The van der Waals surface area contributed by atoms with Crippen molar-refractivity contribution in [1.82, 2.24) is 0 Å². The van der Waals surface area contributed by atoms with E-state index in [9.17, 15) is 5.11 Å². The van der Waals surface area contributed by atoms with Crippen LogP contribution in [0, 0.1) is 0 Å². The van der Waals surface area contributed by atoms with E-state index < -0.39 is 0 Å². The van der Waals surface area contributed by atoms with Gasteiger partial charge in [0.15, 0.2) is 0 Å². The second-order valence-corrected chi connectivity index (χ2v) is 3.14. The molecule has 0 bridgehead atoms. The average Bonchev–Trinajstić information content (AvgIpc) is 2.06. The van der Waals surface area contributed by atoms with Gasteiger partial charge in [-0.15, -0.1) is 0 Å². The van der Waals surface area contributed by atoms with Crippen molar-refractivity contribution in [3.63, 3.8) is 0 Å². The van der Waals surface area contributed by atoms with Crippen LogP contribution in [0.4, 0.5) is 0 Å². The first-order valence-electron chi connectivity index (χ1n) is 5.07. The van der Waals surface area contributed by atoms with Gasteiger partial charge in [-0.05, 0) is 19.8 Å². The summed E-state index contributed by atoms with van der Waals surface area (Å²) in [4.78, 5) is 0. The van der Waals surface area contributed by atoms with Crippen LogP contribution in [0.2, 0.25) is 0 Å². The topological polar surface area (TPSA) is 29.5 Å². The molecule has 0 rings (SSSR count). The SMILES string of the molecule is CCCCCC(O)CCOCC. The fraction of sp³-hybridized carbons (Fsp3) is 1.00. The minimum absolute atomic E-state index is 0.150. The average molecular weight is 174 g/mol. The maximum atomic E-state index is 9.42. The lowest BCUT2D eigenvalue weighted by Gasteiger charge is -2.09. The van der Waals surface area contributed by atoms with E-state index >= 15 is 0 Å². The van der Waals surface area contributed by atoms with Gasteiger partial charge >= 0.3 is 0 Å². The molecule has 2 heteroatoms. The summed E-state index contributed by atoms with van der Waals surface area (Å²) >= 11 is 0. The van der Waals surface area contributed by atoms with Gasteiger partial charge in [-0.3, -0.25) is 0 Å². The first-order valence-corrected chi connectivity index (χ1v) is 5.07.